The highest BCUT2D eigenvalue weighted by atomic mass is 16.4. The molecule has 4 heteroatoms. The van der Waals surface area contributed by atoms with Crippen LogP contribution in [0.2, 0.25) is 0 Å². The number of nitrogens with one attached hydrogen (secondary N) is 1. The minimum absolute atomic E-state index is 0.493. The van der Waals surface area contributed by atoms with Gasteiger partial charge in [0.15, 0.2) is 0 Å². The molecule has 1 aliphatic heterocycles. The first kappa shape index (κ1) is 16.2. The molecular formula is C19H26N2O2. The van der Waals surface area contributed by atoms with Crippen molar-refractivity contribution in [3.05, 3.63) is 60.1 Å². The van der Waals surface area contributed by atoms with Gasteiger partial charge in [0.2, 0.25) is 0 Å². The average Bonchev–Trinajstić information content (AvgIpc) is 3.14. The molecule has 1 atom stereocenters. The second kappa shape index (κ2) is 8.29. The van der Waals surface area contributed by atoms with E-state index in [2.05, 4.69) is 40.5 Å². The van der Waals surface area contributed by atoms with Gasteiger partial charge in [0.1, 0.15) is 11.9 Å². The Kier molecular flexibility index (Phi) is 5.86. The summed E-state index contributed by atoms with van der Waals surface area (Å²) in [5.41, 5.74) is 1.41. The van der Waals surface area contributed by atoms with Crippen LogP contribution in [0.1, 0.15) is 30.3 Å². The lowest BCUT2D eigenvalue weighted by molar-refractivity contribution is 0.132. The van der Waals surface area contributed by atoms with Gasteiger partial charge >= 0.3 is 0 Å². The van der Waals surface area contributed by atoms with Crippen LogP contribution < -0.4 is 5.32 Å². The molecule has 0 spiro atoms. The van der Waals surface area contributed by atoms with Crippen LogP contribution in [0, 0.1) is 0 Å². The highest BCUT2D eigenvalue weighted by Gasteiger charge is 2.20. The lowest BCUT2D eigenvalue weighted by atomic mass is 10.0. The predicted molar refractivity (Wildman–Crippen MR) is 91.3 cm³/mol. The molecule has 0 bridgehead atoms. The first-order valence-corrected chi connectivity index (χ1v) is 8.52. The van der Waals surface area contributed by atoms with Crippen LogP contribution in [-0.2, 0) is 6.42 Å². The standard InChI is InChI=1S/C19H26N2O2/c22-18(19-7-4-14-23-19)15-20-17-9-12-21(13-10-17)11-8-16-5-2-1-3-6-16/h1-7,14,17-18,20,22H,8-13,15H2. The van der Waals surface area contributed by atoms with E-state index in [-0.39, 0.29) is 0 Å². The molecule has 124 valence electrons. The number of rotatable bonds is 7. The zero-order valence-corrected chi connectivity index (χ0v) is 13.5. The summed E-state index contributed by atoms with van der Waals surface area (Å²) in [4.78, 5) is 2.54. The van der Waals surface area contributed by atoms with Crippen LogP contribution in [-0.4, -0.2) is 42.2 Å². The Bertz CT molecular complexity index is 548. The predicted octanol–water partition coefficient (Wildman–Crippen LogP) is 2.61. The topological polar surface area (TPSA) is 48.6 Å². The SMILES string of the molecule is OC(CNC1CCN(CCc2ccccc2)CC1)c1ccco1. The van der Waals surface area contributed by atoms with Crippen molar-refractivity contribution in [2.75, 3.05) is 26.2 Å². The summed E-state index contributed by atoms with van der Waals surface area (Å²) in [7, 11) is 0. The minimum Gasteiger partial charge on any atom is -0.467 e. The average molecular weight is 314 g/mol. The van der Waals surface area contributed by atoms with E-state index < -0.39 is 6.10 Å². The Morgan fingerprint density at radius 3 is 2.61 bits per heavy atom. The van der Waals surface area contributed by atoms with Gasteiger partial charge in [0.05, 0.1) is 6.26 Å². The number of furan rings is 1. The fraction of sp³-hybridized carbons (Fsp3) is 0.474. The number of likely N-dealkylation sites (tertiary alicyclic amines) is 1. The number of nitrogens with zero attached hydrogens (tertiary/aromatic N) is 1. The first-order valence-electron chi connectivity index (χ1n) is 8.52. The van der Waals surface area contributed by atoms with Gasteiger partial charge in [-0.3, -0.25) is 0 Å². The Morgan fingerprint density at radius 2 is 1.91 bits per heavy atom. The van der Waals surface area contributed by atoms with Crippen molar-refractivity contribution >= 4 is 0 Å². The van der Waals surface area contributed by atoms with Crippen molar-refractivity contribution in [1.29, 1.82) is 0 Å². The highest BCUT2D eigenvalue weighted by Crippen LogP contribution is 2.15. The van der Waals surface area contributed by atoms with E-state index in [1.807, 2.05) is 12.1 Å². The molecule has 1 saturated heterocycles. The Morgan fingerprint density at radius 1 is 1.13 bits per heavy atom. The monoisotopic (exact) mass is 314 g/mol. The van der Waals surface area contributed by atoms with E-state index in [9.17, 15) is 5.11 Å². The zero-order chi connectivity index (χ0) is 15.9. The molecule has 2 N–H and O–H groups in total. The molecule has 2 heterocycles. The molecule has 0 amide bonds. The summed E-state index contributed by atoms with van der Waals surface area (Å²) >= 11 is 0. The van der Waals surface area contributed by atoms with Gasteiger partial charge < -0.3 is 19.7 Å². The third-order valence-electron chi connectivity index (χ3n) is 4.62. The fourth-order valence-corrected chi connectivity index (χ4v) is 3.15. The van der Waals surface area contributed by atoms with Gasteiger partial charge in [0.25, 0.3) is 0 Å². The number of benzene rings is 1. The van der Waals surface area contributed by atoms with E-state index in [1.54, 1.807) is 6.26 Å². The lowest BCUT2D eigenvalue weighted by Gasteiger charge is -2.32. The van der Waals surface area contributed by atoms with E-state index >= 15 is 0 Å². The van der Waals surface area contributed by atoms with Crippen molar-refractivity contribution in [2.24, 2.45) is 0 Å². The molecule has 1 aliphatic rings. The summed E-state index contributed by atoms with van der Waals surface area (Å²) in [5.74, 6) is 0.637. The van der Waals surface area contributed by atoms with Crippen LogP contribution in [0.5, 0.6) is 0 Å². The Balaban J connectivity index is 1.34. The molecule has 4 nitrogen and oxygen atoms in total. The molecule has 1 fully saturated rings. The van der Waals surface area contributed by atoms with E-state index in [1.165, 1.54) is 5.56 Å². The molecule has 0 aliphatic carbocycles. The van der Waals surface area contributed by atoms with Crippen LogP contribution in [0.15, 0.2) is 53.1 Å². The van der Waals surface area contributed by atoms with Crippen LogP contribution >= 0.6 is 0 Å². The van der Waals surface area contributed by atoms with Gasteiger partial charge in [-0.25, -0.2) is 0 Å². The summed E-state index contributed by atoms with van der Waals surface area (Å²) in [6.07, 6.45) is 4.44. The quantitative estimate of drug-likeness (QED) is 0.825. The molecule has 0 saturated carbocycles. The highest BCUT2D eigenvalue weighted by molar-refractivity contribution is 5.14. The second-order valence-corrected chi connectivity index (χ2v) is 6.29. The lowest BCUT2D eigenvalue weighted by Crippen LogP contribution is -2.44. The summed E-state index contributed by atoms with van der Waals surface area (Å²) < 4.78 is 5.23. The van der Waals surface area contributed by atoms with Crippen LogP contribution in [0.4, 0.5) is 0 Å². The first-order chi connectivity index (χ1) is 11.3. The second-order valence-electron chi connectivity index (χ2n) is 6.29. The van der Waals surface area contributed by atoms with E-state index in [0.717, 1.165) is 38.9 Å². The largest absolute Gasteiger partial charge is 0.467 e. The maximum Gasteiger partial charge on any atom is 0.133 e. The smallest absolute Gasteiger partial charge is 0.133 e. The number of hydrogen-bond donors (Lipinski definition) is 2. The Labute approximate surface area is 138 Å². The molecule has 3 rings (SSSR count). The van der Waals surface area contributed by atoms with Crippen molar-refractivity contribution in [3.8, 4) is 0 Å². The number of hydrogen-bond acceptors (Lipinski definition) is 4. The molecule has 0 radical (unpaired) electrons. The Hall–Kier alpha value is -1.62. The molecule has 23 heavy (non-hydrogen) atoms. The summed E-state index contributed by atoms with van der Waals surface area (Å²) in [6.45, 7) is 3.94. The maximum atomic E-state index is 10.0. The van der Waals surface area contributed by atoms with E-state index in [4.69, 9.17) is 4.42 Å². The molecule has 1 aromatic carbocycles. The third kappa shape index (κ3) is 4.93. The molecule has 1 aromatic heterocycles. The molecule has 2 aromatic rings. The zero-order valence-electron chi connectivity index (χ0n) is 13.5. The maximum absolute atomic E-state index is 10.0. The van der Waals surface area contributed by atoms with Crippen LogP contribution in [0.3, 0.4) is 0 Å². The number of aliphatic hydroxyl groups is 1. The number of aliphatic hydroxyl groups excluding tert-OH is 1. The van der Waals surface area contributed by atoms with E-state index in [0.29, 0.717) is 18.3 Å². The summed E-state index contributed by atoms with van der Waals surface area (Å²) in [6, 6.07) is 14.8. The van der Waals surface area contributed by atoms with Gasteiger partial charge in [-0.05, 0) is 50.0 Å². The third-order valence-corrected chi connectivity index (χ3v) is 4.62. The van der Waals surface area contributed by atoms with Gasteiger partial charge in [-0.15, -0.1) is 0 Å². The van der Waals surface area contributed by atoms with Crippen LogP contribution in [0.25, 0.3) is 0 Å². The summed E-state index contributed by atoms with van der Waals surface area (Å²) in [5, 5.41) is 13.5. The van der Waals surface area contributed by atoms with Crippen molar-refractivity contribution in [1.82, 2.24) is 10.2 Å². The molecule has 1 unspecified atom stereocenters. The van der Waals surface area contributed by atoms with Crippen molar-refractivity contribution in [2.45, 2.75) is 31.4 Å². The van der Waals surface area contributed by atoms with Gasteiger partial charge in [-0.1, -0.05) is 30.3 Å². The minimum atomic E-state index is -0.555. The van der Waals surface area contributed by atoms with Gasteiger partial charge in [0, 0.05) is 19.1 Å². The molecular weight excluding hydrogens is 288 g/mol. The fourth-order valence-electron chi connectivity index (χ4n) is 3.15. The van der Waals surface area contributed by atoms with Gasteiger partial charge in [-0.2, -0.15) is 0 Å². The van der Waals surface area contributed by atoms with Crippen molar-refractivity contribution < 1.29 is 9.52 Å². The number of piperidine rings is 1. The normalized spacial score (nSPS) is 18.1. The van der Waals surface area contributed by atoms with Crippen molar-refractivity contribution in [3.63, 3.8) is 0 Å².